The van der Waals surface area contributed by atoms with Crippen LogP contribution in [0.25, 0.3) is 11.1 Å². The quantitative estimate of drug-likeness (QED) is 0.386. The van der Waals surface area contributed by atoms with Gasteiger partial charge in [-0.05, 0) is 88.7 Å². The van der Waals surface area contributed by atoms with Crippen LogP contribution in [0, 0.1) is 0 Å². The van der Waals surface area contributed by atoms with Crippen molar-refractivity contribution in [3.63, 3.8) is 0 Å². The Labute approximate surface area is 236 Å². The average Bonchev–Trinajstić information content (AvgIpc) is 3.39. The summed E-state index contributed by atoms with van der Waals surface area (Å²) in [4.78, 5) is 42.4. The molecule has 1 saturated heterocycles. The Balaban J connectivity index is 1.38. The number of anilines is 2. The van der Waals surface area contributed by atoms with Crippen molar-refractivity contribution in [2.75, 3.05) is 31.3 Å². The fourth-order valence-electron chi connectivity index (χ4n) is 4.90. The number of amides is 3. The lowest BCUT2D eigenvalue weighted by Gasteiger charge is -2.31. The Hall–Kier alpha value is -4.17. The SMILES string of the molecule is CN(C)[C@@H](C(=O)N1CCC[C@H]1C(=O)Nc1ccc(-c2ccc(NC(=O)OC(C)(C)C)cc2)cc1)c1ccccc1. The minimum Gasteiger partial charge on any atom is -0.444 e. The number of rotatable bonds is 7. The molecule has 8 heteroatoms. The van der Waals surface area contributed by atoms with E-state index in [2.05, 4.69) is 10.6 Å². The number of benzene rings is 3. The largest absolute Gasteiger partial charge is 0.444 e. The van der Waals surface area contributed by atoms with E-state index in [0.29, 0.717) is 24.3 Å². The summed E-state index contributed by atoms with van der Waals surface area (Å²) in [5.41, 5.74) is 3.59. The Kier molecular flexibility index (Phi) is 8.90. The zero-order valence-electron chi connectivity index (χ0n) is 23.8. The predicted octanol–water partition coefficient (Wildman–Crippen LogP) is 5.93. The molecule has 1 fully saturated rings. The number of hydrogen-bond donors (Lipinski definition) is 2. The molecule has 2 N–H and O–H groups in total. The van der Waals surface area contributed by atoms with Gasteiger partial charge < -0.3 is 15.0 Å². The number of carbonyl (C=O) groups is 3. The van der Waals surface area contributed by atoms with Crippen LogP contribution in [-0.2, 0) is 14.3 Å². The smallest absolute Gasteiger partial charge is 0.412 e. The van der Waals surface area contributed by atoms with Gasteiger partial charge in [0, 0.05) is 17.9 Å². The van der Waals surface area contributed by atoms with Gasteiger partial charge in [-0.2, -0.15) is 0 Å². The van der Waals surface area contributed by atoms with E-state index in [1.807, 2.05) is 119 Å². The molecule has 0 spiro atoms. The van der Waals surface area contributed by atoms with Gasteiger partial charge in [0.25, 0.3) is 0 Å². The minimum absolute atomic E-state index is 0.0613. The molecule has 4 rings (SSSR count). The lowest BCUT2D eigenvalue weighted by atomic mass is 10.0. The molecule has 1 heterocycles. The molecule has 40 heavy (non-hydrogen) atoms. The first-order chi connectivity index (χ1) is 19.0. The van der Waals surface area contributed by atoms with Crippen LogP contribution in [0.1, 0.15) is 45.2 Å². The molecule has 1 aliphatic rings. The number of carbonyl (C=O) groups excluding carboxylic acids is 3. The van der Waals surface area contributed by atoms with Crippen molar-refractivity contribution in [2.24, 2.45) is 0 Å². The third-order valence-electron chi connectivity index (χ3n) is 6.72. The molecule has 3 amide bonds. The molecule has 0 bridgehead atoms. The van der Waals surface area contributed by atoms with E-state index in [1.165, 1.54) is 0 Å². The van der Waals surface area contributed by atoms with Crippen LogP contribution in [0.2, 0.25) is 0 Å². The number of likely N-dealkylation sites (N-methyl/N-ethyl adjacent to an activating group) is 1. The van der Waals surface area contributed by atoms with Crippen LogP contribution in [0.5, 0.6) is 0 Å². The zero-order valence-corrected chi connectivity index (χ0v) is 23.8. The van der Waals surface area contributed by atoms with Crippen molar-refractivity contribution in [3.05, 3.63) is 84.4 Å². The van der Waals surface area contributed by atoms with Crippen molar-refractivity contribution >= 4 is 29.3 Å². The van der Waals surface area contributed by atoms with Gasteiger partial charge in [0.2, 0.25) is 11.8 Å². The Morgan fingerprint density at radius 1 is 0.850 bits per heavy atom. The van der Waals surface area contributed by atoms with E-state index < -0.39 is 23.8 Å². The summed E-state index contributed by atoms with van der Waals surface area (Å²) >= 11 is 0. The van der Waals surface area contributed by atoms with Crippen LogP contribution in [-0.4, -0.2) is 60.0 Å². The lowest BCUT2D eigenvalue weighted by Crippen LogP contribution is -2.47. The summed E-state index contributed by atoms with van der Waals surface area (Å²) in [6.07, 6.45) is 0.922. The maximum absolute atomic E-state index is 13.6. The molecule has 0 aromatic heterocycles. The summed E-state index contributed by atoms with van der Waals surface area (Å²) in [6, 6.07) is 23.7. The standard InChI is InChI=1S/C32H38N4O4/c1-32(2,3)40-31(39)34-26-19-15-23(16-20-26)22-13-17-25(18-14-22)33-29(37)27-12-9-21-36(27)30(38)28(35(4)5)24-10-7-6-8-11-24/h6-8,10-11,13-20,27-28H,9,12,21H2,1-5H3,(H,33,37)(H,34,39)/t27-,28+/m0/s1. The van der Waals surface area contributed by atoms with Crippen molar-refractivity contribution in [1.82, 2.24) is 9.80 Å². The fourth-order valence-corrected chi connectivity index (χ4v) is 4.90. The van der Waals surface area contributed by atoms with Crippen molar-refractivity contribution in [3.8, 4) is 11.1 Å². The first kappa shape index (κ1) is 28.8. The van der Waals surface area contributed by atoms with Crippen LogP contribution >= 0.6 is 0 Å². The Morgan fingerprint density at radius 2 is 1.40 bits per heavy atom. The molecule has 3 aromatic rings. The van der Waals surface area contributed by atoms with Gasteiger partial charge in [-0.3, -0.25) is 19.8 Å². The molecular formula is C32H38N4O4. The maximum atomic E-state index is 13.6. The molecule has 0 saturated carbocycles. The maximum Gasteiger partial charge on any atom is 0.412 e. The van der Waals surface area contributed by atoms with Crippen molar-refractivity contribution in [2.45, 2.75) is 51.3 Å². The summed E-state index contributed by atoms with van der Waals surface area (Å²) < 4.78 is 5.29. The van der Waals surface area contributed by atoms with Gasteiger partial charge in [-0.15, -0.1) is 0 Å². The van der Waals surface area contributed by atoms with Crippen molar-refractivity contribution < 1.29 is 19.1 Å². The Bertz CT molecular complexity index is 1320. The van der Waals surface area contributed by atoms with Gasteiger partial charge in [0.1, 0.15) is 17.7 Å². The molecular weight excluding hydrogens is 504 g/mol. The first-order valence-corrected chi connectivity index (χ1v) is 13.5. The monoisotopic (exact) mass is 542 g/mol. The molecule has 0 unspecified atom stereocenters. The highest BCUT2D eigenvalue weighted by atomic mass is 16.6. The van der Waals surface area contributed by atoms with Crippen LogP contribution in [0.4, 0.5) is 16.2 Å². The number of nitrogens with one attached hydrogen (secondary N) is 2. The summed E-state index contributed by atoms with van der Waals surface area (Å²) in [6.45, 7) is 6.01. The van der Waals surface area contributed by atoms with E-state index >= 15 is 0 Å². The van der Waals surface area contributed by atoms with Crippen LogP contribution < -0.4 is 10.6 Å². The number of ether oxygens (including phenoxy) is 1. The molecule has 1 aliphatic heterocycles. The molecule has 2 atom stereocenters. The molecule has 0 radical (unpaired) electrons. The van der Waals surface area contributed by atoms with Gasteiger partial charge in [-0.25, -0.2) is 4.79 Å². The fraction of sp³-hybridized carbons (Fsp3) is 0.344. The third kappa shape index (κ3) is 7.27. The molecule has 0 aliphatic carbocycles. The minimum atomic E-state index is -0.566. The van der Waals surface area contributed by atoms with Gasteiger partial charge in [0.15, 0.2) is 0 Å². The van der Waals surface area contributed by atoms with E-state index in [1.54, 1.807) is 4.90 Å². The second kappa shape index (κ2) is 12.3. The summed E-state index contributed by atoms with van der Waals surface area (Å²) in [7, 11) is 3.76. The van der Waals surface area contributed by atoms with Gasteiger partial charge in [-0.1, -0.05) is 54.6 Å². The van der Waals surface area contributed by atoms with Crippen LogP contribution in [0.3, 0.4) is 0 Å². The highest BCUT2D eigenvalue weighted by molar-refractivity contribution is 5.98. The lowest BCUT2D eigenvalue weighted by molar-refractivity contribution is -0.140. The second-order valence-electron chi connectivity index (χ2n) is 11.2. The van der Waals surface area contributed by atoms with Gasteiger partial charge in [0.05, 0.1) is 0 Å². The van der Waals surface area contributed by atoms with Crippen LogP contribution in [0.15, 0.2) is 78.9 Å². The van der Waals surface area contributed by atoms with E-state index in [9.17, 15) is 14.4 Å². The Morgan fingerprint density at radius 3 is 1.93 bits per heavy atom. The summed E-state index contributed by atoms with van der Waals surface area (Å²) in [5.74, 6) is -0.240. The number of hydrogen-bond acceptors (Lipinski definition) is 5. The third-order valence-corrected chi connectivity index (χ3v) is 6.72. The average molecular weight is 543 g/mol. The summed E-state index contributed by atoms with van der Waals surface area (Å²) in [5, 5.41) is 5.73. The van der Waals surface area contributed by atoms with E-state index in [0.717, 1.165) is 23.1 Å². The topological polar surface area (TPSA) is 91.0 Å². The highest BCUT2D eigenvalue weighted by Gasteiger charge is 2.38. The zero-order chi connectivity index (χ0) is 28.9. The number of likely N-dealkylation sites (tertiary alicyclic amines) is 1. The van der Waals surface area contributed by atoms with Gasteiger partial charge >= 0.3 is 6.09 Å². The first-order valence-electron chi connectivity index (χ1n) is 13.5. The predicted molar refractivity (Wildman–Crippen MR) is 158 cm³/mol. The highest BCUT2D eigenvalue weighted by Crippen LogP contribution is 2.28. The second-order valence-corrected chi connectivity index (χ2v) is 11.2. The number of nitrogens with zero attached hydrogens (tertiary/aromatic N) is 2. The van der Waals surface area contributed by atoms with Crippen molar-refractivity contribution in [1.29, 1.82) is 0 Å². The van der Waals surface area contributed by atoms with E-state index in [4.69, 9.17) is 4.74 Å². The normalized spacial score (nSPS) is 15.9. The molecule has 8 nitrogen and oxygen atoms in total. The molecule has 3 aromatic carbocycles. The molecule has 210 valence electrons. The van der Waals surface area contributed by atoms with E-state index in [-0.39, 0.29) is 11.8 Å².